The van der Waals surface area contributed by atoms with Crippen LogP contribution in [0.2, 0.25) is 0 Å². The summed E-state index contributed by atoms with van der Waals surface area (Å²) in [6, 6.07) is 0.153. The molecule has 0 aliphatic rings. The van der Waals surface area contributed by atoms with Crippen molar-refractivity contribution in [2.75, 3.05) is 0 Å². The molecule has 0 saturated heterocycles. The number of guanidine groups is 1. The summed E-state index contributed by atoms with van der Waals surface area (Å²) in [4.78, 5) is 4.18. The molecule has 0 radical (unpaired) electrons. The molecule has 0 bridgehead atoms. The van der Waals surface area contributed by atoms with Crippen LogP contribution in [-0.2, 0) is 0 Å². The maximum Gasteiger partial charge on any atom is 0.190 e. The van der Waals surface area contributed by atoms with Gasteiger partial charge in [-0.3, -0.25) is 0 Å². The third kappa shape index (κ3) is 5.13. The summed E-state index contributed by atoms with van der Waals surface area (Å²) in [5, 5.41) is 2.99. The van der Waals surface area contributed by atoms with Gasteiger partial charge in [0.05, 0.1) is 0 Å². The maximum absolute atomic E-state index is 5.63. The minimum Gasteiger partial charge on any atom is -0.370 e. The van der Waals surface area contributed by atoms with Crippen LogP contribution < -0.4 is 11.1 Å². The fourth-order valence-corrected chi connectivity index (χ4v) is 0.862. The first-order valence-electron chi connectivity index (χ1n) is 4.53. The normalized spacial score (nSPS) is 14.4. The van der Waals surface area contributed by atoms with Crippen LogP contribution in [0.3, 0.4) is 0 Å². The lowest BCUT2D eigenvalue weighted by molar-refractivity contribution is 0.581. The van der Waals surface area contributed by atoms with Crippen LogP contribution in [-0.4, -0.2) is 18.0 Å². The van der Waals surface area contributed by atoms with Crippen LogP contribution in [0.5, 0.6) is 0 Å². The van der Waals surface area contributed by atoms with E-state index in [1.807, 2.05) is 27.7 Å². The van der Waals surface area contributed by atoms with Crippen molar-refractivity contribution in [1.82, 2.24) is 5.32 Å². The Hall–Kier alpha value is -1.17. The number of nitrogens with two attached hydrogens (primary N) is 1. The molecule has 0 rings (SSSR count). The Morgan fingerprint density at radius 1 is 1.38 bits per heavy atom. The fraction of sp³-hybridized carbons (Fsp3) is 0.700. The molecule has 0 aromatic heterocycles. The Labute approximate surface area is 80.8 Å². The monoisotopic (exact) mass is 181 g/mol. The van der Waals surface area contributed by atoms with E-state index in [-0.39, 0.29) is 12.1 Å². The SMILES string of the molecule is C#CC(N=C(N)NC(C)C)C(C)C. The van der Waals surface area contributed by atoms with Crippen LogP contribution in [0, 0.1) is 18.3 Å². The molecular formula is C10H19N3. The van der Waals surface area contributed by atoms with Crippen molar-refractivity contribution >= 4 is 5.96 Å². The van der Waals surface area contributed by atoms with Crippen molar-refractivity contribution in [2.45, 2.75) is 39.8 Å². The molecule has 13 heavy (non-hydrogen) atoms. The number of rotatable bonds is 3. The lowest BCUT2D eigenvalue weighted by atomic mass is 10.1. The van der Waals surface area contributed by atoms with Crippen LogP contribution in [0.25, 0.3) is 0 Å². The number of terminal acetylenes is 1. The van der Waals surface area contributed by atoms with Crippen molar-refractivity contribution in [2.24, 2.45) is 16.6 Å². The standard InChI is InChI=1S/C10H19N3/c1-6-9(7(2)3)13-10(11)12-8(4)5/h1,7-9H,2-5H3,(H3,11,12,13). The predicted molar refractivity (Wildman–Crippen MR) is 57.4 cm³/mol. The topological polar surface area (TPSA) is 50.4 Å². The van der Waals surface area contributed by atoms with Gasteiger partial charge in [-0.15, -0.1) is 6.42 Å². The molecule has 0 heterocycles. The summed E-state index contributed by atoms with van der Waals surface area (Å²) in [6.07, 6.45) is 5.31. The second-order valence-corrected chi connectivity index (χ2v) is 3.67. The van der Waals surface area contributed by atoms with Gasteiger partial charge >= 0.3 is 0 Å². The molecule has 0 aromatic carbocycles. The molecule has 3 N–H and O–H groups in total. The van der Waals surface area contributed by atoms with E-state index in [1.54, 1.807) is 0 Å². The second kappa shape index (κ2) is 5.47. The van der Waals surface area contributed by atoms with E-state index in [1.165, 1.54) is 0 Å². The minimum absolute atomic E-state index is 0.133. The molecule has 74 valence electrons. The van der Waals surface area contributed by atoms with E-state index >= 15 is 0 Å². The van der Waals surface area contributed by atoms with E-state index in [0.717, 1.165) is 0 Å². The lowest BCUT2D eigenvalue weighted by Crippen LogP contribution is -2.38. The number of hydrogen-bond acceptors (Lipinski definition) is 1. The lowest BCUT2D eigenvalue weighted by Gasteiger charge is -2.13. The average Bonchev–Trinajstić information content (AvgIpc) is 1.98. The maximum atomic E-state index is 5.63. The van der Waals surface area contributed by atoms with Crippen LogP contribution in [0.15, 0.2) is 4.99 Å². The Bertz CT molecular complexity index is 211. The molecule has 0 aliphatic heterocycles. The highest BCUT2D eigenvalue weighted by atomic mass is 15.1. The van der Waals surface area contributed by atoms with E-state index < -0.39 is 0 Å². The van der Waals surface area contributed by atoms with Gasteiger partial charge in [-0.05, 0) is 19.8 Å². The van der Waals surface area contributed by atoms with Crippen molar-refractivity contribution in [3.63, 3.8) is 0 Å². The molecule has 0 amide bonds. The largest absolute Gasteiger partial charge is 0.370 e. The Balaban J connectivity index is 4.27. The zero-order valence-corrected chi connectivity index (χ0v) is 8.83. The molecule has 3 heteroatoms. The van der Waals surface area contributed by atoms with Crippen molar-refractivity contribution < 1.29 is 0 Å². The second-order valence-electron chi connectivity index (χ2n) is 3.67. The van der Waals surface area contributed by atoms with Gasteiger partial charge in [0.2, 0.25) is 0 Å². The minimum atomic E-state index is -0.133. The molecule has 1 unspecified atom stereocenters. The fourth-order valence-electron chi connectivity index (χ4n) is 0.862. The summed E-state index contributed by atoms with van der Waals surface area (Å²) in [5.74, 6) is 3.34. The first-order valence-corrected chi connectivity index (χ1v) is 4.53. The molecular weight excluding hydrogens is 162 g/mol. The molecule has 3 nitrogen and oxygen atoms in total. The Morgan fingerprint density at radius 3 is 2.23 bits per heavy atom. The highest BCUT2D eigenvalue weighted by Crippen LogP contribution is 2.03. The van der Waals surface area contributed by atoms with Gasteiger partial charge in [-0.25, -0.2) is 4.99 Å². The summed E-state index contributed by atoms with van der Waals surface area (Å²) < 4.78 is 0. The third-order valence-electron chi connectivity index (χ3n) is 1.52. The summed E-state index contributed by atoms with van der Waals surface area (Å²) in [6.45, 7) is 8.05. The van der Waals surface area contributed by atoms with Gasteiger partial charge in [-0.1, -0.05) is 19.8 Å². The summed E-state index contributed by atoms with van der Waals surface area (Å²) in [5.41, 5.74) is 5.63. The van der Waals surface area contributed by atoms with E-state index in [9.17, 15) is 0 Å². The number of aliphatic imine (C=N–C) groups is 1. The van der Waals surface area contributed by atoms with Crippen molar-refractivity contribution in [3.05, 3.63) is 0 Å². The van der Waals surface area contributed by atoms with Crippen LogP contribution >= 0.6 is 0 Å². The molecule has 0 spiro atoms. The van der Waals surface area contributed by atoms with Crippen molar-refractivity contribution in [1.29, 1.82) is 0 Å². The molecule has 0 aliphatic carbocycles. The first-order chi connectivity index (χ1) is 5.97. The number of hydrogen-bond donors (Lipinski definition) is 2. The Kier molecular flexibility index (Phi) is 4.98. The highest BCUT2D eigenvalue weighted by molar-refractivity contribution is 5.78. The third-order valence-corrected chi connectivity index (χ3v) is 1.52. The van der Waals surface area contributed by atoms with Gasteiger partial charge in [0.15, 0.2) is 5.96 Å². The Morgan fingerprint density at radius 2 is 1.92 bits per heavy atom. The summed E-state index contributed by atoms with van der Waals surface area (Å²) in [7, 11) is 0. The quantitative estimate of drug-likeness (QED) is 0.387. The summed E-state index contributed by atoms with van der Waals surface area (Å²) >= 11 is 0. The van der Waals surface area contributed by atoms with Gasteiger partial charge in [0.25, 0.3) is 0 Å². The zero-order chi connectivity index (χ0) is 10.4. The van der Waals surface area contributed by atoms with E-state index in [2.05, 4.69) is 16.2 Å². The number of nitrogens with zero attached hydrogens (tertiary/aromatic N) is 1. The smallest absolute Gasteiger partial charge is 0.190 e. The molecule has 0 saturated carbocycles. The van der Waals surface area contributed by atoms with E-state index in [4.69, 9.17) is 12.2 Å². The molecule has 1 atom stereocenters. The first kappa shape index (κ1) is 11.8. The van der Waals surface area contributed by atoms with Gasteiger partial charge in [-0.2, -0.15) is 0 Å². The van der Waals surface area contributed by atoms with Crippen LogP contribution in [0.4, 0.5) is 0 Å². The van der Waals surface area contributed by atoms with Crippen molar-refractivity contribution in [3.8, 4) is 12.3 Å². The highest BCUT2D eigenvalue weighted by Gasteiger charge is 2.08. The predicted octanol–water partition coefficient (Wildman–Crippen LogP) is 0.957. The number of nitrogens with one attached hydrogen (secondary N) is 1. The molecule has 0 aromatic rings. The van der Waals surface area contributed by atoms with Crippen LogP contribution in [0.1, 0.15) is 27.7 Å². The van der Waals surface area contributed by atoms with Gasteiger partial charge in [0.1, 0.15) is 6.04 Å². The van der Waals surface area contributed by atoms with Gasteiger partial charge < -0.3 is 11.1 Å². The van der Waals surface area contributed by atoms with E-state index in [0.29, 0.717) is 11.9 Å². The molecule has 0 fully saturated rings. The van der Waals surface area contributed by atoms with Gasteiger partial charge in [0, 0.05) is 6.04 Å². The average molecular weight is 181 g/mol. The zero-order valence-electron chi connectivity index (χ0n) is 8.83.